The highest BCUT2D eigenvalue weighted by Gasteiger charge is 2.16. The van der Waals surface area contributed by atoms with Gasteiger partial charge < -0.3 is 30.5 Å². The van der Waals surface area contributed by atoms with Gasteiger partial charge in [-0.2, -0.15) is 11.8 Å². The van der Waals surface area contributed by atoms with Crippen molar-refractivity contribution in [3.8, 4) is 5.75 Å². The molecule has 0 spiro atoms. The van der Waals surface area contributed by atoms with Crippen molar-refractivity contribution in [1.82, 2.24) is 15.2 Å². The molecule has 0 unspecified atom stereocenters. The van der Waals surface area contributed by atoms with Crippen molar-refractivity contribution in [2.45, 2.75) is 18.9 Å². The largest absolute Gasteiger partial charge is 0.506 e. The molecule has 0 bridgehead atoms. The predicted molar refractivity (Wildman–Crippen MR) is 144 cm³/mol. The van der Waals surface area contributed by atoms with E-state index in [1.807, 2.05) is 6.07 Å². The summed E-state index contributed by atoms with van der Waals surface area (Å²) in [6.07, 6.45) is -0.426. The van der Waals surface area contributed by atoms with E-state index in [9.17, 15) is 24.9 Å². The van der Waals surface area contributed by atoms with Crippen molar-refractivity contribution in [3.05, 3.63) is 61.2 Å². The fraction of sp³-hybridized carbons (Fsp3) is 0.391. The number of aliphatic hydroxyl groups excluding tert-OH is 1. The third kappa shape index (κ3) is 7.77. The Morgan fingerprint density at radius 1 is 1.20 bits per heavy atom. The molecule has 35 heavy (non-hydrogen) atoms. The number of phenols is 1. The summed E-state index contributed by atoms with van der Waals surface area (Å²) in [6.45, 7) is 1.76. The number of thioether (sulfide) groups is 1. The minimum atomic E-state index is -0.963. The Bertz CT molecular complexity index is 1200. The molecule has 3 rings (SSSR count). The average molecular weight is 561 g/mol. The van der Waals surface area contributed by atoms with E-state index in [1.54, 1.807) is 30.0 Å². The van der Waals surface area contributed by atoms with Gasteiger partial charge in [0.25, 0.3) is 0 Å². The standard InChI is InChI=1S/C23H27Cl2N3O5S2/c24-16-4-1-3-14(19(16)25)7-9-28(23(32)33)10-12-34-11-2-8-26-13-18(30)15-5-6-17(29)20-21(15)35-22(31)27-20/h1,3-6,18,26,29-30H,2,7-13H2,(H,27,31)(H,32,33)/t18-/m1/s1. The first-order chi connectivity index (χ1) is 16.8. The van der Waals surface area contributed by atoms with Gasteiger partial charge in [0.05, 0.1) is 20.8 Å². The number of aromatic hydroxyl groups is 1. The normalized spacial score (nSPS) is 12.2. The maximum atomic E-state index is 11.6. The number of fused-ring (bicyclic) bond motifs is 1. The molecule has 1 aromatic heterocycles. The molecule has 0 aliphatic carbocycles. The SMILES string of the molecule is O=C(O)N(CCSCCCNC[C@@H](O)c1ccc(O)c2[nH]c(=O)sc12)CCc1cccc(Cl)c1Cl. The zero-order valence-electron chi connectivity index (χ0n) is 18.8. The van der Waals surface area contributed by atoms with Gasteiger partial charge in [0, 0.05) is 31.0 Å². The molecular formula is C23H27Cl2N3O5S2. The predicted octanol–water partition coefficient (Wildman–Crippen LogP) is 4.57. The smallest absolute Gasteiger partial charge is 0.407 e. The molecule has 12 heteroatoms. The van der Waals surface area contributed by atoms with E-state index in [-0.39, 0.29) is 10.6 Å². The number of hydrogen-bond donors (Lipinski definition) is 5. The van der Waals surface area contributed by atoms with Gasteiger partial charge >= 0.3 is 11.0 Å². The highest BCUT2D eigenvalue weighted by atomic mass is 35.5. The number of aliphatic hydroxyl groups is 1. The molecule has 1 atom stereocenters. The van der Waals surface area contributed by atoms with Crippen LogP contribution in [-0.2, 0) is 6.42 Å². The van der Waals surface area contributed by atoms with Crippen LogP contribution in [0.5, 0.6) is 5.75 Å². The lowest BCUT2D eigenvalue weighted by Gasteiger charge is -2.19. The maximum absolute atomic E-state index is 11.6. The summed E-state index contributed by atoms with van der Waals surface area (Å²) in [5.74, 6) is 1.50. The van der Waals surface area contributed by atoms with Gasteiger partial charge in [0.1, 0.15) is 11.3 Å². The molecule has 1 amide bonds. The summed E-state index contributed by atoms with van der Waals surface area (Å²) < 4.78 is 0.556. The van der Waals surface area contributed by atoms with Gasteiger partial charge in [-0.3, -0.25) is 4.79 Å². The molecule has 2 aromatic carbocycles. The number of nitrogens with zero attached hydrogens (tertiary/aromatic N) is 1. The third-order valence-electron chi connectivity index (χ3n) is 5.39. The number of benzene rings is 2. The molecule has 190 valence electrons. The van der Waals surface area contributed by atoms with Crippen LogP contribution >= 0.6 is 46.3 Å². The van der Waals surface area contributed by atoms with E-state index in [1.165, 1.54) is 11.0 Å². The minimum absolute atomic E-state index is 0.0194. The number of carbonyl (C=O) groups is 1. The van der Waals surface area contributed by atoms with E-state index in [2.05, 4.69) is 10.3 Å². The number of H-pyrrole nitrogens is 1. The fourth-order valence-electron chi connectivity index (χ4n) is 3.53. The lowest BCUT2D eigenvalue weighted by molar-refractivity contribution is 0.148. The Kier molecular flexibility index (Phi) is 10.6. The average Bonchev–Trinajstić information content (AvgIpc) is 3.22. The number of aromatic amines is 1. The zero-order chi connectivity index (χ0) is 25.4. The van der Waals surface area contributed by atoms with E-state index in [0.717, 1.165) is 29.1 Å². The Morgan fingerprint density at radius 2 is 2.00 bits per heavy atom. The summed E-state index contributed by atoms with van der Waals surface area (Å²) in [5, 5.41) is 34.0. The molecule has 0 fully saturated rings. The summed E-state index contributed by atoms with van der Waals surface area (Å²) in [7, 11) is 0. The second-order valence-electron chi connectivity index (χ2n) is 7.81. The number of rotatable bonds is 13. The minimum Gasteiger partial charge on any atom is -0.506 e. The molecule has 5 N–H and O–H groups in total. The van der Waals surface area contributed by atoms with Crippen LogP contribution in [0.15, 0.2) is 35.1 Å². The van der Waals surface area contributed by atoms with Gasteiger partial charge in [-0.25, -0.2) is 4.79 Å². The lowest BCUT2D eigenvalue weighted by Crippen LogP contribution is -2.33. The van der Waals surface area contributed by atoms with Crippen molar-refractivity contribution in [3.63, 3.8) is 0 Å². The second-order valence-corrected chi connectivity index (χ2v) is 10.8. The number of phenolic OH excluding ortho intramolecular Hbond substituents is 1. The molecule has 0 aliphatic rings. The quantitative estimate of drug-likeness (QED) is 0.194. The first-order valence-electron chi connectivity index (χ1n) is 11.0. The maximum Gasteiger partial charge on any atom is 0.407 e. The number of hydrogen-bond acceptors (Lipinski definition) is 7. The topological polar surface area (TPSA) is 126 Å². The lowest BCUT2D eigenvalue weighted by atomic mass is 10.1. The number of carboxylic acid groups (broad SMARTS) is 1. The van der Waals surface area contributed by atoms with Gasteiger partial charge in [0.15, 0.2) is 0 Å². The van der Waals surface area contributed by atoms with Gasteiger partial charge in [-0.1, -0.05) is 52.7 Å². The summed E-state index contributed by atoms with van der Waals surface area (Å²) in [5.41, 5.74) is 1.76. The van der Waals surface area contributed by atoms with Crippen molar-refractivity contribution in [2.75, 3.05) is 37.7 Å². The van der Waals surface area contributed by atoms with Crippen LogP contribution in [0.1, 0.15) is 23.7 Å². The van der Waals surface area contributed by atoms with Gasteiger partial charge in [-0.15, -0.1) is 0 Å². The van der Waals surface area contributed by atoms with E-state index in [4.69, 9.17) is 23.2 Å². The molecule has 8 nitrogen and oxygen atoms in total. The summed E-state index contributed by atoms with van der Waals surface area (Å²) >= 11 is 14.8. The van der Waals surface area contributed by atoms with E-state index in [0.29, 0.717) is 64.2 Å². The van der Waals surface area contributed by atoms with Gasteiger partial charge in [0.2, 0.25) is 0 Å². The summed E-state index contributed by atoms with van der Waals surface area (Å²) in [6, 6.07) is 8.43. The van der Waals surface area contributed by atoms with Crippen LogP contribution in [0.25, 0.3) is 10.2 Å². The highest BCUT2D eigenvalue weighted by molar-refractivity contribution is 7.99. The van der Waals surface area contributed by atoms with Gasteiger partial charge in [-0.05, 0) is 42.8 Å². The molecule has 1 heterocycles. The molecule has 3 aromatic rings. The van der Waals surface area contributed by atoms with Crippen molar-refractivity contribution in [1.29, 1.82) is 0 Å². The Hall–Kier alpha value is -1.95. The molecule has 0 aliphatic heterocycles. The Balaban J connectivity index is 1.33. The monoisotopic (exact) mass is 559 g/mol. The molecular weight excluding hydrogens is 533 g/mol. The van der Waals surface area contributed by atoms with Crippen LogP contribution in [0, 0.1) is 0 Å². The number of nitrogens with one attached hydrogen (secondary N) is 2. The Labute approximate surface area is 220 Å². The molecule has 0 saturated carbocycles. The van der Waals surface area contributed by atoms with Crippen molar-refractivity contribution >= 4 is 62.6 Å². The first kappa shape index (κ1) is 27.6. The van der Waals surface area contributed by atoms with Crippen LogP contribution in [0.2, 0.25) is 10.0 Å². The molecule has 0 saturated heterocycles. The van der Waals surface area contributed by atoms with Crippen LogP contribution in [-0.4, -0.2) is 69.0 Å². The van der Waals surface area contributed by atoms with E-state index >= 15 is 0 Å². The first-order valence-corrected chi connectivity index (χ1v) is 13.7. The van der Waals surface area contributed by atoms with Crippen LogP contribution in [0.4, 0.5) is 4.79 Å². The van der Waals surface area contributed by atoms with Crippen molar-refractivity contribution in [2.24, 2.45) is 0 Å². The van der Waals surface area contributed by atoms with Crippen molar-refractivity contribution < 1.29 is 20.1 Å². The number of aromatic nitrogens is 1. The molecule has 0 radical (unpaired) electrons. The highest BCUT2D eigenvalue weighted by Crippen LogP contribution is 2.31. The zero-order valence-corrected chi connectivity index (χ0v) is 21.9. The number of thiazole rings is 1. The fourth-order valence-corrected chi connectivity index (χ4v) is 5.76. The summed E-state index contributed by atoms with van der Waals surface area (Å²) in [4.78, 5) is 26.8. The van der Waals surface area contributed by atoms with E-state index < -0.39 is 12.2 Å². The van der Waals surface area contributed by atoms with Crippen LogP contribution in [0.3, 0.4) is 0 Å². The Morgan fingerprint density at radius 3 is 2.77 bits per heavy atom. The second kappa shape index (κ2) is 13.4. The van der Waals surface area contributed by atoms with Crippen LogP contribution < -0.4 is 10.2 Å². The third-order valence-corrected chi connectivity index (χ3v) is 8.22. The number of amides is 1. The number of halogens is 2.